The number of hydrogen-bond donors (Lipinski definition) is 0. The van der Waals surface area contributed by atoms with Crippen LogP contribution in [-0.4, -0.2) is 33.6 Å². The number of carbonyl (C=O) groups is 2. The van der Waals surface area contributed by atoms with Crippen LogP contribution in [0.25, 0.3) is 17.2 Å². The molecule has 1 aliphatic rings. The van der Waals surface area contributed by atoms with Crippen molar-refractivity contribution >= 4 is 29.8 Å². The van der Waals surface area contributed by atoms with Crippen molar-refractivity contribution < 1.29 is 18.7 Å². The zero-order valence-corrected chi connectivity index (χ0v) is 25.4. The van der Waals surface area contributed by atoms with Crippen molar-refractivity contribution in [3.05, 3.63) is 89.8 Å². The Kier molecular flexibility index (Phi) is 14.4. The van der Waals surface area contributed by atoms with Crippen molar-refractivity contribution in [3.8, 4) is 11.1 Å². The third kappa shape index (κ3) is 11.2. The number of carbonyl (C=O) groups excluding carboxylic acids is 2. The van der Waals surface area contributed by atoms with Crippen LogP contribution < -0.4 is 9.80 Å². The van der Waals surface area contributed by atoms with Gasteiger partial charge in [-0.2, -0.15) is 0 Å². The fourth-order valence-corrected chi connectivity index (χ4v) is 4.54. The summed E-state index contributed by atoms with van der Waals surface area (Å²) in [6.45, 7) is 6.64. The molecule has 1 saturated carbocycles. The predicted molar refractivity (Wildman–Crippen MR) is 169 cm³/mol. The van der Waals surface area contributed by atoms with Crippen molar-refractivity contribution in [2.75, 3.05) is 31.0 Å². The Morgan fingerprint density at radius 2 is 1.49 bits per heavy atom. The second-order valence-electron chi connectivity index (χ2n) is 10.2. The van der Waals surface area contributed by atoms with E-state index in [9.17, 15) is 14.0 Å². The van der Waals surface area contributed by atoms with Crippen molar-refractivity contribution in [3.63, 3.8) is 0 Å². The minimum Gasteiger partial charge on any atom is -0.466 e. The first kappa shape index (κ1) is 33.3. The Labute approximate surface area is 245 Å². The summed E-state index contributed by atoms with van der Waals surface area (Å²) in [5.41, 5.74) is 5.05. The third-order valence-corrected chi connectivity index (χ3v) is 6.89. The largest absolute Gasteiger partial charge is 0.466 e. The Balaban J connectivity index is 0.000000561. The average molecular weight is 561 g/mol. The van der Waals surface area contributed by atoms with Gasteiger partial charge in [-0.05, 0) is 64.6 Å². The van der Waals surface area contributed by atoms with Gasteiger partial charge in [-0.25, -0.2) is 9.18 Å². The van der Waals surface area contributed by atoms with E-state index in [0.29, 0.717) is 17.7 Å². The van der Waals surface area contributed by atoms with E-state index in [1.54, 1.807) is 6.07 Å². The minimum atomic E-state index is -0.542. The summed E-state index contributed by atoms with van der Waals surface area (Å²) in [7, 11) is 5.26. The van der Waals surface area contributed by atoms with Gasteiger partial charge < -0.3 is 14.5 Å². The summed E-state index contributed by atoms with van der Waals surface area (Å²) in [4.78, 5) is 26.5. The highest BCUT2D eigenvalue weighted by Gasteiger charge is 2.10. The lowest BCUT2D eigenvalue weighted by Gasteiger charge is -2.19. The van der Waals surface area contributed by atoms with E-state index in [2.05, 4.69) is 35.9 Å². The first-order valence-electron chi connectivity index (χ1n) is 14.4. The lowest BCUT2D eigenvalue weighted by atomic mass is 9.91. The van der Waals surface area contributed by atoms with E-state index in [1.807, 2.05) is 57.1 Å². The number of methoxy groups -OCH3 is 1. The molecule has 0 unspecified atom stereocenters. The van der Waals surface area contributed by atoms with Crippen molar-refractivity contribution in [2.45, 2.75) is 59.4 Å². The summed E-state index contributed by atoms with van der Waals surface area (Å²) >= 11 is 0. The molecule has 4 rings (SSSR count). The van der Waals surface area contributed by atoms with Crippen LogP contribution in [-0.2, 0) is 20.9 Å². The predicted octanol–water partition coefficient (Wildman–Crippen LogP) is 8.52. The molecule has 0 heterocycles. The van der Waals surface area contributed by atoms with Gasteiger partial charge in [0.15, 0.2) is 0 Å². The fraction of sp³-hybridized carbons (Fsp3) is 0.371. The molecule has 0 spiro atoms. The number of hydrogen-bond acceptors (Lipinski definition) is 4. The number of benzene rings is 3. The zero-order valence-electron chi connectivity index (χ0n) is 25.4. The van der Waals surface area contributed by atoms with Gasteiger partial charge in [0.1, 0.15) is 5.82 Å². The van der Waals surface area contributed by atoms with Crippen LogP contribution in [0.3, 0.4) is 0 Å². The molecule has 3 aromatic carbocycles. The molecular formula is C35H45FN2O3. The van der Waals surface area contributed by atoms with Gasteiger partial charge in [0.05, 0.1) is 13.7 Å². The van der Waals surface area contributed by atoms with Gasteiger partial charge in [0.25, 0.3) is 0 Å². The fourth-order valence-electron chi connectivity index (χ4n) is 4.54. The second-order valence-corrected chi connectivity index (χ2v) is 10.2. The van der Waals surface area contributed by atoms with E-state index in [-0.39, 0.29) is 6.54 Å². The molecule has 0 aromatic heterocycles. The Hall–Kier alpha value is -3.93. The van der Waals surface area contributed by atoms with Crippen LogP contribution in [0.1, 0.15) is 64.0 Å². The summed E-state index contributed by atoms with van der Waals surface area (Å²) in [6.07, 6.45) is 10.7. The van der Waals surface area contributed by atoms with Crippen LogP contribution in [0.2, 0.25) is 0 Å². The molecule has 0 bridgehead atoms. The molecule has 0 saturated heterocycles. The highest BCUT2D eigenvalue weighted by atomic mass is 19.1. The molecule has 3 aromatic rings. The Bertz CT molecular complexity index is 1230. The molecule has 0 N–H and O–H groups in total. The van der Waals surface area contributed by atoms with Gasteiger partial charge in [0.2, 0.25) is 6.41 Å². The smallest absolute Gasteiger partial charge is 0.330 e. The lowest BCUT2D eigenvalue weighted by molar-refractivity contribution is -0.134. The van der Waals surface area contributed by atoms with Gasteiger partial charge >= 0.3 is 5.97 Å². The number of rotatable bonds is 8. The Morgan fingerprint density at radius 1 is 0.902 bits per heavy atom. The van der Waals surface area contributed by atoms with Crippen LogP contribution in [0.15, 0.2) is 72.8 Å². The number of amides is 1. The summed E-state index contributed by atoms with van der Waals surface area (Å²) in [5.74, 6) is -0.0105. The maximum atomic E-state index is 14.1. The molecule has 220 valence electrons. The molecule has 5 nitrogen and oxygen atoms in total. The molecular weight excluding hydrogens is 515 g/mol. The van der Waals surface area contributed by atoms with Gasteiger partial charge in [-0.1, -0.05) is 89.3 Å². The van der Waals surface area contributed by atoms with E-state index < -0.39 is 11.8 Å². The van der Waals surface area contributed by atoms with Crippen LogP contribution in [0.4, 0.5) is 15.8 Å². The second kappa shape index (κ2) is 17.7. The molecule has 1 fully saturated rings. The van der Waals surface area contributed by atoms with Crippen molar-refractivity contribution in [1.82, 2.24) is 0 Å². The average Bonchev–Trinajstić information content (AvgIpc) is 3.00. The number of esters is 1. The maximum absolute atomic E-state index is 14.1. The summed E-state index contributed by atoms with van der Waals surface area (Å²) in [6, 6.07) is 20.4. The normalized spacial score (nSPS) is 12.9. The maximum Gasteiger partial charge on any atom is 0.330 e. The number of halogens is 1. The highest BCUT2D eigenvalue weighted by molar-refractivity contribution is 5.87. The number of nitrogens with zero attached hydrogens (tertiary/aromatic N) is 2. The zero-order chi connectivity index (χ0) is 30.2. The van der Waals surface area contributed by atoms with Gasteiger partial charge in [-0.15, -0.1) is 0 Å². The van der Waals surface area contributed by atoms with Crippen LogP contribution in [0, 0.1) is 11.7 Å². The quantitative estimate of drug-likeness (QED) is 0.157. The van der Waals surface area contributed by atoms with E-state index >= 15 is 0 Å². The minimum absolute atomic E-state index is 0.285. The molecule has 41 heavy (non-hydrogen) atoms. The van der Waals surface area contributed by atoms with Crippen LogP contribution >= 0.6 is 0 Å². The van der Waals surface area contributed by atoms with Crippen molar-refractivity contribution in [2.24, 2.45) is 5.92 Å². The van der Waals surface area contributed by atoms with Crippen molar-refractivity contribution in [1.29, 1.82) is 0 Å². The molecule has 1 amide bonds. The van der Waals surface area contributed by atoms with E-state index in [1.165, 1.54) is 68.4 Å². The molecule has 6 heteroatoms. The molecule has 0 aliphatic heterocycles. The SMILES string of the molecule is CC.CC1CCCCC1.COC(=O)/C=C/c1cc(F)cc(N(C=O)Cc2ccc(-c3ccc(N(C)C)cc3)cc2)c1. The van der Waals surface area contributed by atoms with Gasteiger partial charge in [0, 0.05) is 31.5 Å². The third-order valence-electron chi connectivity index (χ3n) is 6.89. The highest BCUT2D eigenvalue weighted by Crippen LogP contribution is 2.25. The topological polar surface area (TPSA) is 49.9 Å². The monoisotopic (exact) mass is 560 g/mol. The Morgan fingerprint density at radius 3 is 1.98 bits per heavy atom. The molecule has 0 radical (unpaired) electrons. The number of anilines is 2. The first-order chi connectivity index (χ1) is 19.8. The molecule has 1 aliphatic carbocycles. The van der Waals surface area contributed by atoms with E-state index in [4.69, 9.17) is 0 Å². The lowest BCUT2D eigenvalue weighted by Crippen LogP contribution is -2.20. The summed E-state index contributed by atoms with van der Waals surface area (Å²) in [5, 5.41) is 0. The summed E-state index contributed by atoms with van der Waals surface area (Å²) < 4.78 is 18.6. The van der Waals surface area contributed by atoms with Gasteiger partial charge in [-0.3, -0.25) is 4.79 Å². The first-order valence-corrected chi connectivity index (χ1v) is 14.4. The van der Waals surface area contributed by atoms with Crippen LogP contribution in [0.5, 0.6) is 0 Å². The van der Waals surface area contributed by atoms with E-state index in [0.717, 1.165) is 28.3 Å². The molecule has 0 atom stereocenters. The standard InChI is InChI=1S/C26H25FN2O3.C7H14.C2H6/c1-28(2)24-11-9-22(10-12-24)21-7-4-19(5-8-21)17-29(18-30)25-15-20(14-23(27)16-25)6-13-26(31)32-3;1-7-5-3-2-4-6-7;1-2/h4-16,18H,17H2,1-3H3;7H,2-6H2,1H3;1-2H3/b13-6+;;. The number of ether oxygens (including phenoxy) is 1.